The number of pyridine rings is 1. The van der Waals surface area contributed by atoms with Crippen LogP contribution in [0.3, 0.4) is 0 Å². The minimum atomic E-state index is -0.433. The average molecular weight is 362 g/mol. The van der Waals surface area contributed by atoms with Crippen molar-refractivity contribution in [3.8, 4) is 0 Å². The van der Waals surface area contributed by atoms with Crippen molar-refractivity contribution >= 4 is 12.0 Å². The summed E-state index contributed by atoms with van der Waals surface area (Å²) in [6.45, 7) is 3.06. The summed E-state index contributed by atoms with van der Waals surface area (Å²) < 4.78 is 6.75. The van der Waals surface area contributed by atoms with Crippen molar-refractivity contribution in [2.75, 3.05) is 38.8 Å². The van der Waals surface area contributed by atoms with Gasteiger partial charge >= 0.3 is 6.09 Å². The van der Waals surface area contributed by atoms with Gasteiger partial charge < -0.3 is 14.5 Å². The van der Waals surface area contributed by atoms with E-state index in [1.807, 2.05) is 17.0 Å². The first-order valence-corrected chi connectivity index (χ1v) is 9.12. The molecule has 2 amide bonds. The van der Waals surface area contributed by atoms with Crippen molar-refractivity contribution in [1.29, 1.82) is 0 Å². The molecule has 0 aliphatic carbocycles. The molecule has 2 aliphatic heterocycles. The van der Waals surface area contributed by atoms with Crippen molar-refractivity contribution < 1.29 is 14.3 Å². The standard InChI is InChI=1S/C18H26N4O4/c1-4-26-18(25)19(2)11-8-13-14(23)9-12-22-16(13)17(24)21-10-6-5-7-15(21)20(22)3/h9,12,15H,4-8,10-11H2,1-3H3/t15-/m0/s1. The topological polar surface area (TPSA) is 75.1 Å². The van der Waals surface area contributed by atoms with Crippen molar-refractivity contribution in [1.82, 2.24) is 14.5 Å². The third-order valence-corrected chi connectivity index (χ3v) is 5.16. The molecule has 3 rings (SSSR count). The average Bonchev–Trinajstić information content (AvgIpc) is 2.64. The molecular formula is C18H26N4O4. The first-order valence-electron chi connectivity index (χ1n) is 9.12. The van der Waals surface area contributed by atoms with E-state index in [1.165, 1.54) is 11.0 Å². The molecule has 3 heterocycles. The summed E-state index contributed by atoms with van der Waals surface area (Å²) in [4.78, 5) is 40.6. The highest BCUT2D eigenvalue weighted by Gasteiger charge is 2.38. The van der Waals surface area contributed by atoms with Crippen LogP contribution in [0.4, 0.5) is 4.79 Å². The number of amides is 2. The van der Waals surface area contributed by atoms with Crippen molar-refractivity contribution in [3.05, 3.63) is 33.7 Å². The zero-order valence-corrected chi connectivity index (χ0v) is 15.6. The second-order valence-corrected chi connectivity index (χ2v) is 6.77. The van der Waals surface area contributed by atoms with Crippen LogP contribution >= 0.6 is 0 Å². The van der Waals surface area contributed by atoms with Crippen LogP contribution in [-0.4, -0.2) is 66.4 Å². The number of ether oxygens (including phenoxy) is 1. The summed E-state index contributed by atoms with van der Waals surface area (Å²) in [5.74, 6) is -0.0979. The number of hydrogen-bond donors (Lipinski definition) is 0. The Labute approximate surface area is 152 Å². The molecule has 1 aromatic heterocycles. The fourth-order valence-electron chi connectivity index (χ4n) is 3.72. The third kappa shape index (κ3) is 3.15. The Balaban J connectivity index is 1.91. The fraction of sp³-hybridized carbons (Fsp3) is 0.611. The molecule has 8 heteroatoms. The highest BCUT2D eigenvalue weighted by atomic mass is 16.5. The Hall–Kier alpha value is -2.51. The van der Waals surface area contributed by atoms with Crippen LogP contribution < -0.4 is 10.4 Å². The fourth-order valence-corrected chi connectivity index (χ4v) is 3.72. The predicted octanol–water partition coefficient (Wildman–Crippen LogP) is 1.01. The lowest BCUT2D eigenvalue weighted by Gasteiger charge is -2.47. The lowest BCUT2D eigenvalue weighted by Crippen LogP contribution is -2.61. The van der Waals surface area contributed by atoms with Gasteiger partial charge in [-0.15, -0.1) is 0 Å². The van der Waals surface area contributed by atoms with Crippen LogP contribution in [0, 0.1) is 0 Å². The van der Waals surface area contributed by atoms with Crippen LogP contribution in [0.2, 0.25) is 0 Å². The van der Waals surface area contributed by atoms with Gasteiger partial charge in [-0.25, -0.2) is 4.79 Å². The van der Waals surface area contributed by atoms with Crippen molar-refractivity contribution in [2.45, 2.75) is 38.8 Å². The predicted molar refractivity (Wildman–Crippen MR) is 96.9 cm³/mol. The second-order valence-electron chi connectivity index (χ2n) is 6.77. The molecule has 0 unspecified atom stereocenters. The number of hydrogen-bond acceptors (Lipinski definition) is 5. The van der Waals surface area contributed by atoms with Gasteiger partial charge in [-0.3, -0.25) is 19.3 Å². The second kappa shape index (κ2) is 7.39. The quantitative estimate of drug-likeness (QED) is 0.799. The zero-order valence-electron chi connectivity index (χ0n) is 15.6. The van der Waals surface area contributed by atoms with Gasteiger partial charge in [0.15, 0.2) is 5.43 Å². The molecule has 0 N–H and O–H groups in total. The Kier molecular flexibility index (Phi) is 5.20. The molecule has 1 aromatic rings. The van der Waals surface area contributed by atoms with Crippen molar-refractivity contribution in [2.24, 2.45) is 0 Å². The summed E-state index contributed by atoms with van der Waals surface area (Å²) in [5, 5.41) is 2.02. The molecule has 8 nitrogen and oxygen atoms in total. The van der Waals surface area contributed by atoms with E-state index in [0.29, 0.717) is 37.4 Å². The number of carbonyl (C=O) groups excluding carboxylic acids is 2. The minimum absolute atomic E-state index is 0.0290. The van der Waals surface area contributed by atoms with E-state index in [-0.39, 0.29) is 17.5 Å². The maximum Gasteiger partial charge on any atom is 0.409 e. The molecule has 0 radical (unpaired) electrons. The van der Waals surface area contributed by atoms with E-state index in [9.17, 15) is 14.4 Å². The Morgan fingerprint density at radius 1 is 1.35 bits per heavy atom. The van der Waals surface area contributed by atoms with E-state index in [4.69, 9.17) is 4.74 Å². The van der Waals surface area contributed by atoms with Crippen LogP contribution in [-0.2, 0) is 11.2 Å². The molecule has 0 spiro atoms. The Morgan fingerprint density at radius 3 is 2.85 bits per heavy atom. The summed E-state index contributed by atoms with van der Waals surface area (Å²) >= 11 is 0. The molecule has 1 fully saturated rings. The van der Waals surface area contributed by atoms with Crippen LogP contribution in [0.1, 0.15) is 42.2 Å². The highest BCUT2D eigenvalue weighted by molar-refractivity contribution is 5.95. The normalized spacial score (nSPS) is 19.0. The van der Waals surface area contributed by atoms with Crippen LogP contribution in [0.25, 0.3) is 0 Å². The van der Waals surface area contributed by atoms with E-state index in [1.54, 1.807) is 24.8 Å². The first-order chi connectivity index (χ1) is 12.5. The number of aromatic nitrogens is 1. The lowest BCUT2D eigenvalue weighted by molar-refractivity contribution is 0.0501. The van der Waals surface area contributed by atoms with Gasteiger partial charge in [-0.05, 0) is 32.6 Å². The van der Waals surface area contributed by atoms with Gasteiger partial charge in [0.05, 0.1) is 6.61 Å². The van der Waals surface area contributed by atoms with Gasteiger partial charge in [0.25, 0.3) is 5.91 Å². The van der Waals surface area contributed by atoms with Gasteiger partial charge in [0.1, 0.15) is 11.9 Å². The van der Waals surface area contributed by atoms with Gasteiger partial charge in [0, 0.05) is 45.0 Å². The number of carbonyl (C=O) groups is 2. The summed E-state index contributed by atoms with van der Waals surface area (Å²) in [5.41, 5.74) is 0.686. The molecule has 0 bridgehead atoms. The Morgan fingerprint density at radius 2 is 2.12 bits per heavy atom. The third-order valence-electron chi connectivity index (χ3n) is 5.16. The van der Waals surface area contributed by atoms with E-state index in [2.05, 4.69) is 0 Å². The number of nitrogens with zero attached hydrogens (tertiary/aromatic N) is 4. The minimum Gasteiger partial charge on any atom is -0.450 e. The molecule has 1 saturated heterocycles. The maximum atomic E-state index is 13.1. The van der Waals surface area contributed by atoms with Gasteiger partial charge in [-0.1, -0.05) is 0 Å². The molecule has 26 heavy (non-hydrogen) atoms. The SMILES string of the molecule is CCOC(=O)N(C)CCc1c2n(ccc1=O)N(C)[C@@H]1CCCCN1C2=O. The summed E-state index contributed by atoms with van der Waals surface area (Å²) in [6, 6.07) is 1.49. The zero-order chi connectivity index (χ0) is 18.8. The summed E-state index contributed by atoms with van der Waals surface area (Å²) in [6.07, 6.45) is 4.56. The monoisotopic (exact) mass is 362 g/mol. The van der Waals surface area contributed by atoms with E-state index in [0.717, 1.165) is 19.3 Å². The Bertz CT molecular complexity index is 760. The number of piperidine rings is 1. The molecule has 142 valence electrons. The van der Waals surface area contributed by atoms with E-state index >= 15 is 0 Å². The number of likely N-dealkylation sites (N-methyl/N-ethyl adjacent to an activating group) is 1. The van der Waals surface area contributed by atoms with Crippen molar-refractivity contribution in [3.63, 3.8) is 0 Å². The van der Waals surface area contributed by atoms with Gasteiger partial charge in [0.2, 0.25) is 0 Å². The molecule has 0 aromatic carbocycles. The van der Waals surface area contributed by atoms with Crippen LogP contribution in [0.5, 0.6) is 0 Å². The van der Waals surface area contributed by atoms with E-state index < -0.39 is 6.09 Å². The molecule has 0 saturated carbocycles. The largest absolute Gasteiger partial charge is 0.450 e. The van der Waals surface area contributed by atoms with Gasteiger partial charge in [-0.2, -0.15) is 0 Å². The maximum absolute atomic E-state index is 13.1. The number of rotatable bonds is 4. The first kappa shape index (κ1) is 18.3. The van der Waals surface area contributed by atoms with Crippen LogP contribution in [0.15, 0.2) is 17.1 Å². The molecular weight excluding hydrogens is 336 g/mol. The number of fused-ring (bicyclic) bond motifs is 2. The molecule has 2 aliphatic rings. The highest BCUT2D eigenvalue weighted by Crippen LogP contribution is 2.26. The molecule has 1 atom stereocenters. The lowest BCUT2D eigenvalue weighted by atomic mass is 10.0. The summed E-state index contributed by atoms with van der Waals surface area (Å²) in [7, 11) is 3.57. The smallest absolute Gasteiger partial charge is 0.409 e.